The van der Waals surface area contributed by atoms with Crippen molar-refractivity contribution in [1.82, 2.24) is 30.7 Å². The first-order chi connectivity index (χ1) is 17.8. The quantitative estimate of drug-likeness (QED) is 0.421. The number of hydrogen-bond acceptors (Lipinski definition) is 8. The van der Waals surface area contributed by atoms with Gasteiger partial charge >= 0.3 is 0 Å². The van der Waals surface area contributed by atoms with Crippen molar-refractivity contribution in [2.75, 3.05) is 46.2 Å². The van der Waals surface area contributed by atoms with E-state index in [1.807, 2.05) is 18.3 Å². The van der Waals surface area contributed by atoms with Gasteiger partial charge in [0.05, 0.1) is 18.5 Å². The molecule has 4 N–H and O–H groups in total. The third kappa shape index (κ3) is 6.02. The molecule has 3 heterocycles. The second-order valence-electron chi connectivity index (χ2n) is 9.95. The van der Waals surface area contributed by atoms with Crippen LogP contribution >= 0.6 is 0 Å². The van der Waals surface area contributed by atoms with Crippen LogP contribution < -0.4 is 26.0 Å². The first kappa shape index (κ1) is 26.8. The topological polar surface area (TPSA) is 101 Å². The number of methoxy groups -OCH3 is 1. The minimum absolute atomic E-state index is 0.0493. The predicted octanol–water partition coefficient (Wildman–Crippen LogP) is 2.05. The van der Waals surface area contributed by atoms with Gasteiger partial charge in [-0.25, -0.2) is 0 Å². The van der Waals surface area contributed by atoms with E-state index in [-0.39, 0.29) is 30.2 Å². The van der Waals surface area contributed by atoms with Crippen molar-refractivity contribution in [3.8, 4) is 5.75 Å². The summed E-state index contributed by atoms with van der Waals surface area (Å²) in [5, 5.41) is 13.6. The number of nitrogens with one attached hydrogen (secondary N) is 4. The number of ether oxygens (including phenoxy) is 1. The highest BCUT2D eigenvalue weighted by Gasteiger charge is 2.31. The van der Waals surface area contributed by atoms with E-state index in [4.69, 9.17) is 4.74 Å². The number of likely N-dealkylation sites (N-methyl/N-ethyl adjacent to an activating group) is 1. The van der Waals surface area contributed by atoms with Gasteiger partial charge in [-0.05, 0) is 64.0 Å². The highest BCUT2D eigenvalue weighted by molar-refractivity contribution is 5.95. The van der Waals surface area contributed by atoms with Gasteiger partial charge in [0, 0.05) is 43.5 Å². The van der Waals surface area contributed by atoms with Crippen molar-refractivity contribution in [2.45, 2.75) is 57.9 Å². The van der Waals surface area contributed by atoms with E-state index in [2.05, 4.69) is 52.0 Å². The molecule has 0 spiro atoms. The number of likely N-dealkylation sites (tertiary alicyclic amines) is 1. The number of anilines is 1. The zero-order valence-electron chi connectivity index (χ0n) is 22.6. The Hall–Kier alpha value is -3.24. The molecule has 2 amide bonds. The molecule has 1 aromatic carbocycles. The lowest BCUT2D eigenvalue weighted by molar-refractivity contribution is -0.123. The molecule has 1 atom stereocenters. The lowest BCUT2D eigenvalue weighted by atomic mass is 10.0. The molecule has 1 aromatic rings. The average Bonchev–Trinajstić information content (AvgIpc) is 3.03. The molecule has 1 saturated heterocycles. The second-order valence-corrected chi connectivity index (χ2v) is 9.95. The molecule has 1 fully saturated rings. The Morgan fingerprint density at radius 2 is 1.92 bits per heavy atom. The summed E-state index contributed by atoms with van der Waals surface area (Å²) >= 11 is 0. The Morgan fingerprint density at radius 3 is 2.59 bits per heavy atom. The molecule has 37 heavy (non-hydrogen) atoms. The van der Waals surface area contributed by atoms with Gasteiger partial charge in [-0.15, -0.1) is 0 Å². The average molecular weight is 512 g/mol. The van der Waals surface area contributed by atoms with Crippen molar-refractivity contribution in [3.63, 3.8) is 0 Å². The fourth-order valence-electron chi connectivity index (χ4n) is 5.12. The molecule has 0 aliphatic carbocycles. The zero-order valence-corrected chi connectivity index (χ0v) is 22.6. The molecule has 0 saturated carbocycles. The summed E-state index contributed by atoms with van der Waals surface area (Å²) in [6.07, 6.45) is 7.03. The van der Waals surface area contributed by atoms with Crippen LogP contribution in [0.5, 0.6) is 5.75 Å². The normalized spacial score (nSPS) is 21.0. The summed E-state index contributed by atoms with van der Waals surface area (Å²) < 4.78 is 5.64. The number of carbonyl (C=O) groups is 2. The number of nitrogens with zero attached hydrogens (tertiary/aromatic N) is 3. The van der Waals surface area contributed by atoms with Gasteiger partial charge in [-0.2, -0.15) is 0 Å². The van der Waals surface area contributed by atoms with Gasteiger partial charge in [0.2, 0.25) is 0 Å². The smallest absolute Gasteiger partial charge is 0.252 e. The Labute approximate surface area is 220 Å². The number of carbonyl (C=O) groups excluding carboxylic acids is 2. The van der Waals surface area contributed by atoms with E-state index < -0.39 is 0 Å². The van der Waals surface area contributed by atoms with Gasteiger partial charge in [0.25, 0.3) is 11.8 Å². The Bertz CT molecular complexity index is 1040. The first-order valence-corrected chi connectivity index (χ1v) is 13.3. The molecule has 3 aliphatic heterocycles. The van der Waals surface area contributed by atoms with Crippen LogP contribution in [0.2, 0.25) is 0 Å². The van der Waals surface area contributed by atoms with Crippen molar-refractivity contribution in [1.29, 1.82) is 0 Å². The first-order valence-electron chi connectivity index (χ1n) is 13.3. The third-order valence-corrected chi connectivity index (χ3v) is 7.55. The Kier molecular flexibility index (Phi) is 8.60. The number of piperidine rings is 1. The molecule has 10 heteroatoms. The van der Waals surface area contributed by atoms with Gasteiger partial charge in [-0.3, -0.25) is 14.9 Å². The monoisotopic (exact) mass is 511 g/mol. The summed E-state index contributed by atoms with van der Waals surface area (Å²) in [6.45, 7) is 6.81. The summed E-state index contributed by atoms with van der Waals surface area (Å²) in [5.74, 6) is 1.36. The fraction of sp³-hybridized carbons (Fsp3) is 0.556. The molecule has 202 valence electrons. The second kappa shape index (κ2) is 11.9. The molecule has 0 aromatic heterocycles. The molecular formula is C27H41N7O3. The minimum Gasteiger partial charge on any atom is -0.495 e. The van der Waals surface area contributed by atoms with E-state index in [9.17, 15) is 9.59 Å². The van der Waals surface area contributed by atoms with Crippen LogP contribution in [-0.2, 0) is 4.79 Å². The third-order valence-electron chi connectivity index (χ3n) is 7.55. The highest BCUT2D eigenvalue weighted by atomic mass is 16.5. The van der Waals surface area contributed by atoms with Crippen LogP contribution in [0.1, 0.15) is 49.9 Å². The standard InChI is InChI=1S/C27H41N7O3/c1-6-20(7-2)34-15-12-24(35)33(4)22-17-28-27(31-25(22)34)30-21-9-8-18(16-23(21)37-5)26(36)29-19-10-13-32(3)14-11-19/h8-9,12,15-16,19-20,27-28,30-31H,6-7,10-11,13-14,17H2,1-5H3,(H,29,36). The number of hydrogen-bond donors (Lipinski definition) is 4. The minimum atomic E-state index is -0.307. The molecule has 1 unspecified atom stereocenters. The van der Waals surface area contributed by atoms with Crippen molar-refractivity contribution < 1.29 is 14.3 Å². The van der Waals surface area contributed by atoms with Crippen molar-refractivity contribution in [2.24, 2.45) is 0 Å². The van der Waals surface area contributed by atoms with Crippen molar-refractivity contribution >= 4 is 17.5 Å². The molecular weight excluding hydrogens is 470 g/mol. The maximum absolute atomic E-state index is 12.9. The van der Waals surface area contributed by atoms with E-state index in [0.717, 1.165) is 56.0 Å². The number of amides is 2. The van der Waals surface area contributed by atoms with E-state index >= 15 is 0 Å². The Morgan fingerprint density at radius 1 is 1.19 bits per heavy atom. The highest BCUT2D eigenvalue weighted by Crippen LogP contribution is 2.28. The lowest BCUT2D eigenvalue weighted by Crippen LogP contribution is -2.57. The van der Waals surface area contributed by atoms with Crippen LogP contribution in [-0.4, -0.2) is 85.7 Å². The van der Waals surface area contributed by atoms with Gasteiger partial charge in [-0.1, -0.05) is 13.8 Å². The van der Waals surface area contributed by atoms with E-state index in [1.54, 1.807) is 31.2 Å². The molecule has 0 radical (unpaired) electrons. The van der Waals surface area contributed by atoms with E-state index in [1.165, 1.54) is 0 Å². The largest absolute Gasteiger partial charge is 0.495 e. The van der Waals surface area contributed by atoms with Crippen LogP contribution in [0.15, 0.2) is 42.0 Å². The van der Waals surface area contributed by atoms with E-state index in [0.29, 0.717) is 17.9 Å². The van der Waals surface area contributed by atoms with Crippen LogP contribution in [0.3, 0.4) is 0 Å². The maximum Gasteiger partial charge on any atom is 0.252 e. The summed E-state index contributed by atoms with van der Waals surface area (Å²) in [6, 6.07) is 5.93. The number of rotatable bonds is 8. The molecule has 0 bridgehead atoms. The summed E-state index contributed by atoms with van der Waals surface area (Å²) in [7, 11) is 5.51. The lowest BCUT2D eigenvalue weighted by Gasteiger charge is -2.39. The van der Waals surface area contributed by atoms with Crippen LogP contribution in [0.4, 0.5) is 5.69 Å². The Balaban J connectivity index is 1.48. The van der Waals surface area contributed by atoms with Crippen molar-refractivity contribution in [3.05, 3.63) is 47.6 Å². The fourth-order valence-corrected chi connectivity index (χ4v) is 5.12. The SMILES string of the molecule is CCC(CC)N1C=CC(=O)N(C)C2=C1NC(Nc1ccc(C(=O)NC3CCN(C)CC3)cc1OC)NC2. The van der Waals surface area contributed by atoms with Gasteiger partial charge in [0.1, 0.15) is 11.6 Å². The van der Waals surface area contributed by atoms with Gasteiger partial charge in [0.15, 0.2) is 6.29 Å². The van der Waals surface area contributed by atoms with Gasteiger partial charge < -0.3 is 35.4 Å². The maximum atomic E-state index is 12.9. The number of benzene rings is 1. The summed E-state index contributed by atoms with van der Waals surface area (Å²) in [4.78, 5) is 31.6. The summed E-state index contributed by atoms with van der Waals surface area (Å²) in [5.41, 5.74) is 2.23. The predicted molar refractivity (Wildman–Crippen MR) is 145 cm³/mol. The molecule has 4 rings (SSSR count). The zero-order chi connectivity index (χ0) is 26.5. The molecule has 3 aliphatic rings. The molecule has 10 nitrogen and oxygen atoms in total. The van der Waals surface area contributed by atoms with Crippen LogP contribution in [0, 0.1) is 0 Å². The van der Waals surface area contributed by atoms with Crippen LogP contribution in [0.25, 0.3) is 0 Å².